The van der Waals surface area contributed by atoms with Gasteiger partial charge in [0.2, 0.25) is 0 Å². The van der Waals surface area contributed by atoms with Crippen molar-refractivity contribution in [1.82, 2.24) is 10.2 Å². The molecule has 30 heavy (non-hydrogen) atoms. The minimum absolute atomic E-state index is 0.0309. The third-order valence-corrected chi connectivity index (χ3v) is 7.80. The van der Waals surface area contributed by atoms with Crippen molar-refractivity contribution in [2.75, 3.05) is 19.6 Å². The molecule has 4 nitrogen and oxygen atoms in total. The van der Waals surface area contributed by atoms with Gasteiger partial charge in [0.1, 0.15) is 11.9 Å². The molecule has 2 atom stereocenters. The van der Waals surface area contributed by atoms with Gasteiger partial charge in [0.25, 0.3) is 0 Å². The minimum atomic E-state index is -0.263. The number of nitrogens with one attached hydrogen (secondary N) is 1. The van der Waals surface area contributed by atoms with Crippen LogP contribution < -0.4 is 5.32 Å². The molecule has 1 saturated carbocycles. The summed E-state index contributed by atoms with van der Waals surface area (Å²) >= 11 is 0. The maximum Gasteiger partial charge on any atom is 0.407 e. The highest BCUT2D eigenvalue weighted by atomic mass is 19.1. The molecule has 2 aromatic carbocycles. The second kappa shape index (κ2) is 6.81. The Morgan fingerprint density at radius 1 is 1.07 bits per heavy atom. The summed E-state index contributed by atoms with van der Waals surface area (Å²) in [6.45, 7) is 3.16. The third kappa shape index (κ3) is 3.11. The Bertz CT molecular complexity index is 977. The molecule has 4 fully saturated rings. The van der Waals surface area contributed by atoms with Crippen molar-refractivity contribution in [2.24, 2.45) is 11.3 Å². The predicted octanol–water partition coefficient (Wildman–Crippen LogP) is 4.69. The number of fused-ring (bicyclic) bond motifs is 4. The zero-order valence-corrected chi connectivity index (χ0v) is 17.1. The summed E-state index contributed by atoms with van der Waals surface area (Å²) in [5.41, 5.74) is 4.77. The number of benzene rings is 2. The topological polar surface area (TPSA) is 41.6 Å². The van der Waals surface area contributed by atoms with E-state index in [0.717, 1.165) is 62.9 Å². The smallest absolute Gasteiger partial charge is 0.407 e. The lowest BCUT2D eigenvalue weighted by molar-refractivity contribution is -0.0344. The van der Waals surface area contributed by atoms with Crippen molar-refractivity contribution >= 4 is 6.09 Å². The van der Waals surface area contributed by atoms with Gasteiger partial charge in [0, 0.05) is 6.54 Å². The van der Waals surface area contributed by atoms with Crippen molar-refractivity contribution in [3.8, 4) is 11.1 Å². The maximum absolute atomic E-state index is 13.3. The average molecular weight is 407 g/mol. The van der Waals surface area contributed by atoms with Crippen LogP contribution in [0.5, 0.6) is 0 Å². The first-order valence-electron chi connectivity index (χ1n) is 11.2. The molecule has 1 N–H and O–H groups in total. The Morgan fingerprint density at radius 2 is 1.80 bits per heavy atom. The fourth-order valence-corrected chi connectivity index (χ4v) is 5.86. The normalized spacial score (nSPS) is 30.2. The quantitative estimate of drug-likeness (QED) is 0.804. The Hall–Kier alpha value is -2.40. The lowest BCUT2D eigenvalue weighted by Crippen LogP contribution is -2.52. The van der Waals surface area contributed by atoms with E-state index in [-0.39, 0.29) is 29.5 Å². The van der Waals surface area contributed by atoms with Gasteiger partial charge in [-0.3, -0.25) is 4.90 Å². The van der Waals surface area contributed by atoms with E-state index >= 15 is 0 Å². The van der Waals surface area contributed by atoms with Gasteiger partial charge in [0.15, 0.2) is 0 Å². The number of piperidine rings is 3. The van der Waals surface area contributed by atoms with Gasteiger partial charge in [-0.1, -0.05) is 30.3 Å². The second-order valence-electron chi connectivity index (χ2n) is 9.62. The van der Waals surface area contributed by atoms with Crippen LogP contribution in [0.3, 0.4) is 0 Å². The van der Waals surface area contributed by atoms with E-state index in [4.69, 9.17) is 4.74 Å². The summed E-state index contributed by atoms with van der Waals surface area (Å²) in [5, 5.41) is 3.23. The zero-order chi connectivity index (χ0) is 20.3. The van der Waals surface area contributed by atoms with Gasteiger partial charge in [-0.15, -0.1) is 0 Å². The summed E-state index contributed by atoms with van der Waals surface area (Å²) in [4.78, 5) is 15.2. The fourth-order valence-electron chi connectivity index (χ4n) is 5.86. The van der Waals surface area contributed by atoms with Gasteiger partial charge in [-0.05, 0) is 90.9 Å². The Morgan fingerprint density at radius 3 is 2.47 bits per heavy atom. The highest BCUT2D eigenvalue weighted by molar-refractivity contribution is 5.70. The largest absolute Gasteiger partial charge is 0.445 e. The second-order valence-corrected chi connectivity index (χ2v) is 9.62. The van der Waals surface area contributed by atoms with E-state index in [1.165, 1.54) is 23.3 Å². The molecule has 5 heteroatoms. The van der Waals surface area contributed by atoms with Crippen LogP contribution in [-0.4, -0.2) is 36.7 Å². The first kappa shape index (κ1) is 18.4. The van der Waals surface area contributed by atoms with Crippen LogP contribution in [0.4, 0.5) is 9.18 Å². The number of hydrogen-bond donors (Lipinski definition) is 1. The van der Waals surface area contributed by atoms with Crippen LogP contribution in [0.25, 0.3) is 11.1 Å². The Labute approximate surface area is 176 Å². The molecule has 5 aliphatic rings. The van der Waals surface area contributed by atoms with Crippen LogP contribution in [0, 0.1) is 17.2 Å². The first-order valence-corrected chi connectivity index (χ1v) is 11.2. The number of rotatable bonds is 3. The van der Waals surface area contributed by atoms with Crippen LogP contribution in [0.1, 0.15) is 42.9 Å². The molecule has 1 unspecified atom stereocenters. The number of ether oxygens (including phenoxy) is 1. The summed E-state index contributed by atoms with van der Waals surface area (Å²) in [6, 6.07) is 13.1. The molecule has 2 bridgehead atoms. The number of carbonyl (C=O) groups excluding carboxylic acids is 1. The highest BCUT2D eigenvalue weighted by Crippen LogP contribution is 2.62. The number of amides is 1. The van der Waals surface area contributed by atoms with Gasteiger partial charge in [-0.25, -0.2) is 9.18 Å². The number of carbonyl (C=O) groups is 1. The molecule has 7 rings (SSSR count). The van der Waals surface area contributed by atoms with Crippen molar-refractivity contribution in [1.29, 1.82) is 0 Å². The molecule has 2 aliphatic carbocycles. The van der Waals surface area contributed by atoms with E-state index in [0.29, 0.717) is 5.92 Å². The molecule has 0 radical (unpaired) electrons. The molecule has 3 aliphatic heterocycles. The van der Waals surface area contributed by atoms with Crippen molar-refractivity contribution in [3.63, 3.8) is 0 Å². The summed E-state index contributed by atoms with van der Waals surface area (Å²) < 4.78 is 19.2. The van der Waals surface area contributed by atoms with E-state index in [2.05, 4.69) is 28.4 Å². The molecule has 1 spiro atoms. The monoisotopic (exact) mass is 406 g/mol. The molecule has 2 aromatic rings. The summed E-state index contributed by atoms with van der Waals surface area (Å²) in [6.07, 6.45) is 5.31. The van der Waals surface area contributed by atoms with Gasteiger partial charge in [-0.2, -0.15) is 0 Å². The van der Waals surface area contributed by atoms with Gasteiger partial charge < -0.3 is 10.1 Å². The third-order valence-electron chi connectivity index (χ3n) is 7.80. The maximum atomic E-state index is 13.3. The molecule has 0 aromatic heterocycles. The van der Waals surface area contributed by atoms with Crippen molar-refractivity contribution < 1.29 is 13.9 Å². The molecular formula is C25H27FN2O2. The molecule has 1 amide bonds. The van der Waals surface area contributed by atoms with Gasteiger partial charge >= 0.3 is 6.09 Å². The Balaban J connectivity index is 1.20. The SMILES string of the molecule is O=C(NC1c2ccc(-c3ccc(F)cc3)cc2CC12CC2)O[C@@H]1CN2CCC1CC2. The minimum Gasteiger partial charge on any atom is -0.445 e. The van der Waals surface area contributed by atoms with Crippen LogP contribution >= 0.6 is 0 Å². The first-order chi connectivity index (χ1) is 14.6. The van der Waals surface area contributed by atoms with E-state index in [9.17, 15) is 9.18 Å². The van der Waals surface area contributed by atoms with Crippen molar-refractivity contribution in [2.45, 2.75) is 44.2 Å². The lowest BCUT2D eigenvalue weighted by Gasteiger charge is -2.44. The van der Waals surface area contributed by atoms with Crippen LogP contribution in [0.15, 0.2) is 42.5 Å². The highest BCUT2D eigenvalue weighted by Gasteiger charge is 2.55. The number of nitrogens with zero attached hydrogens (tertiary/aromatic N) is 1. The molecule has 156 valence electrons. The predicted molar refractivity (Wildman–Crippen MR) is 113 cm³/mol. The lowest BCUT2D eigenvalue weighted by atomic mass is 9.86. The van der Waals surface area contributed by atoms with Crippen LogP contribution in [-0.2, 0) is 11.2 Å². The van der Waals surface area contributed by atoms with Crippen molar-refractivity contribution in [3.05, 3.63) is 59.4 Å². The van der Waals surface area contributed by atoms with Crippen LogP contribution in [0.2, 0.25) is 0 Å². The van der Waals surface area contributed by atoms with E-state index < -0.39 is 0 Å². The Kier molecular flexibility index (Phi) is 4.17. The van der Waals surface area contributed by atoms with Gasteiger partial charge in [0.05, 0.1) is 6.04 Å². The molecular weight excluding hydrogens is 379 g/mol. The number of alkyl carbamates (subject to hydrolysis) is 1. The molecule has 3 saturated heterocycles. The van der Waals surface area contributed by atoms with E-state index in [1.54, 1.807) is 0 Å². The molecule has 3 heterocycles. The number of hydrogen-bond acceptors (Lipinski definition) is 3. The summed E-state index contributed by atoms with van der Waals surface area (Å²) in [7, 11) is 0. The van der Waals surface area contributed by atoms with E-state index in [1.807, 2.05) is 12.1 Å². The fraction of sp³-hybridized carbons (Fsp3) is 0.480. The average Bonchev–Trinajstić information content (AvgIpc) is 3.47. The zero-order valence-electron chi connectivity index (χ0n) is 17.1. The summed E-state index contributed by atoms with van der Waals surface area (Å²) in [5.74, 6) is 0.298. The standard InChI is InChI=1S/C25H27FN2O2/c26-20-4-1-16(2-5-20)18-3-6-21-19(13-18)14-25(9-10-25)23(21)27-24(29)30-22-15-28-11-7-17(22)8-12-28/h1-6,13,17,22-23H,7-12,14-15H2,(H,27,29)/t22-,23?/m1/s1. The number of halogens is 1.